The van der Waals surface area contributed by atoms with Crippen LogP contribution in [0.4, 0.5) is 0 Å². The van der Waals surface area contributed by atoms with Gasteiger partial charge in [-0.1, -0.05) is 23.7 Å². The molecule has 0 unspecified atom stereocenters. The summed E-state index contributed by atoms with van der Waals surface area (Å²) in [5, 5.41) is 4.55. The summed E-state index contributed by atoms with van der Waals surface area (Å²) in [5.74, 6) is 0.886. The van der Waals surface area contributed by atoms with Crippen LogP contribution >= 0.6 is 23.8 Å². The number of rotatable bonds is 6. The van der Waals surface area contributed by atoms with E-state index in [2.05, 4.69) is 20.5 Å². The molecule has 0 atom stereocenters. The van der Waals surface area contributed by atoms with Crippen molar-refractivity contribution in [2.45, 2.75) is 6.42 Å². The van der Waals surface area contributed by atoms with Gasteiger partial charge in [0.15, 0.2) is 4.77 Å². The molecule has 0 saturated carbocycles. The fourth-order valence-corrected chi connectivity index (χ4v) is 2.66. The smallest absolute Gasteiger partial charge is 0.251 e. The number of nitrogens with zero attached hydrogens (tertiary/aromatic N) is 1. The average molecular weight is 415 g/mol. The summed E-state index contributed by atoms with van der Waals surface area (Å²) in [6, 6.07) is 15.5. The number of carbonyl (C=O) groups excluding carboxylic acids is 1. The summed E-state index contributed by atoms with van der Waals surface area (Å²) in [5.41, 5.74) is 3.18. The molecule has 0 saturated heterocycles. The summed E-state index contributed by atoms with van der Waals surface area (Å²) >= 11 is 10.7. The topological polar surface area (TPSA) is 99.3 Å². The van der Waals surface area contributed by atoms with Gasteiger partial charge in [0.05, 0.1) is 12.6 Å². The lowest BCUT2D eigenvalue weighted by Gasteiger charge is -2.06. The normalized spacial score (nSPS) is 10.8. The lowest BCUT2D eigenvalue weighted by Crippen LogP contribution is -2.21. The van der Waals surface area contributed by atoms with Crippen molar-refractivity contribution in [1.29, 1.82) is 0 Å². The van der Waals surface area contributed by atoms with Gasteiger partial charge in [-0.3, -0.25) is 14.6 Å². The van der Waals surface area contributed by atoms with Crippen LogP contribution in [0.25, 0.3) is 0 Å². The van der Waals surface area contributed by atoms with Crippen molar-refractivity contribution in [2.75, 3.05) is 0 Å². The molecule has 3 N–H and O–H groups in total. The summed E-state index contributed by atoms with van der Waals surface area (Å²) in [4.78, 5) is 28.4. The fraction of sp³-hybridized carbons (Fsp3) is 0.0526. The Morgan fingerprint density at radius 3 is 2.68 bits per heavy atom. The van der Waals surface area contributed by atoms with E-state index in [1.807, 2.05) is 12.1 Å². The molecule has 1 aromatic heterocycles. The molecule has 0 aliphatic rings. The van der Waals surface area contributed by atoms with Crippen LogP contribution in [0.3, 0.4) is 0 Å². The predicted octanol–water partition coefficient (Wildman–Crippen LogP) is 3.57. The minimum absolute atomic E-state index is 0.0510. The molecular weight excluding hydrogens is 400 g/mol. The van der Waals surface area contributed by atoms with Crippen molar-refractivity contribution in [3.8, 4) is 11.5 Å². The maximum absolute atomic E-state index is 11.9. The van der Waals surface area contributed by atoms with E-state index >= 15 is 0 Å². The third-order valence-corrected chi connectivity index (χ3v) is 3.93. The van der Waals surface area contributed by atoms with E-state index in [9.17, 15) is 9.59 Å². The third-order valence-electron chi connectivity index (χ3n) is 3.48. The van der Waals surface area contributed by atoms with Crippen molar-refractivity contribution in [2.24, 2.45) is 5.10 Å². The molecule has 9 heteroatoms. The lowest BCUT2D eigenvalue weighted by molar-refractivity contribution is -0.120. The van der Waals surface area contributed by atoms with Crippen LogP contribution < -0.4 is 15.7 Å². The van der Waals surface area contributed by atoms with E-state index in [-0.39, 0.29) is 22.7 Å². The number of aromatic amines is 2. The van der Waals surface area contributed by atoms with Crippen LogP contribution in [0.15, 0.2) is 64.5 Å². The Labute approximate surface area is 170 Å². The molecule has 3 rings (SSSR count). The van der Waals surface area contributed by atoms with E-state index < -0.39 is 0 Å². The summed E-state index contributed by atoms with van der Waals surface area (Å²) in [6.45, 7) is 0. The number of aromatic nitrogens is 2. The van der Waals surface area contributed by atoms with Gasteiger partial charge in [0, 0.05) is 16.8 Å². The highest BCUT2D eigenvalue weighted by molar-refractivity contribution is 7.71. The summed E-state index contributed by atoms with van der Waals surface area (Å²) < 4.78 is 5.91. The molecule has 0 aliphatic carbocycles. The number of hydrazone groups is 1. The molecule has 3 aromatic rings. The SMILES string of the molecule is O=C(Cc1cc(=O)[nH]c(=S)[nH]1)N/N=C\c1cccc(Oc2ccc(Cl)cc2)c1. The Morgan fingerprint density at radius 2 is 1.93 bits per heavy atom. The standard InChI is InChI=1S/C19H15ClN4O3S/c20-13-4-6-15(7-5-13)27-16-3-1-2-12(8-16)11-21-24-18(26)10-14-9-17(25)23-19(28)22-14/h1-9,11H,10H2,(H,24,26)(H2,22,23,25,28)/b21-11-. The molecule has 0 bridgehead atoms. The number of hydrogen-bond acceptors (Lipinski definition) is 5. The Balaban J connectivity index is 1.59. The molecule has 142 valence electrons. The van der Waals surface area contributed by atoms with Crippen molar-refractivity contribution in [3.63, 3.8) is 0 Å². The van der Waals surface area contributed by atoms with Crippen molar-refractivity contribution in [1.82, 2.24) is 15.4 Å². The number of benzene rings is 2. The van der Waals surface area contributed by atoms with Gasteiger partial charge in [0.25, 0.3) is 5.56 Å². The fourth-order valence-electron chi connectivity index (χ4n) is 2.30. The number of amides is 1. The van der Waals surface area contributed by atoms with Crippen molar-refractivity contribution >= 4 is 35.9 Å². The molecule has 1 heterocycles. The zero-order valence-corrected chi connectivity index (χ0v) is 16.0. The third kappa shape index (κ3) is 5.90. The second-order valence-electron chi connectivity index (χ2n) is 5.71. The molecule has 0 aliphatic heterocycles. The van der Waals surface area contributed by atoms with Gasteiger partial charge in [-0.05, 0) is 54.2 Å². The minimum Gasteiger partial charge on any atom is -0.457 e. The van der Waals surface area contributed by atoms with Crippen LogP contribution in [0.5, 0.6) is 11.5 Å². The van der Waals surface area contributed by atoms with Crippen LogP contribution in [-0.4, -0.2) is 22.1 Å². The lowest BCUT2D eigenvalue weighted by atomic mass is 10.2. The van der Waals surface area contributed by atoms with Gasteiger partial charge < -0.3 is 9.72 Å². The maximum Gasteiger partial charge on any atom is 0.251 e. The first-order valence-electron chi connectivity index (χ1n) is 8.16. The molecule has 2 aromatic carbocycles. The Hall–Kier alpha value is -3.23. The van der Waals surface area contributed by atoms with Crippen LogP contribution in [0.2, 0.25) is 5.02 Å². The molecule has 1 amide bonds. The van der Waals surface area contributed by atoms with Gasteiger partial charge in [-0.2, -0.15) is 5.10 Å². The summed E-state index contributed by atoms with van der Waals surface area (Å²) in [6.07, 6.45) is 1.44. The molecule has 28 heavy (non-hydrogen) atoms. The average Bonchev–Trinajstić information content (AvgIpc) is 2.63. The van der Waals surface area contributed by atoms with E-state index in [1.165, 1.54) is 12.3 Å². The number of halogens is 1. The Kier molecular flexibility index (Phi) is 6.36. The van der Waals surface area contributed by atoms with Gasteiger partial charge in [0.1, 0.15) is 11.5 Å². The van der Waals surface area contributed by atoms with E-state index in [1.54, 1.807) is 36.4 Å². The number of carbonyl (C=O) groups is 1. The largest absolute Gasteiger partial charge is 0.457 e. The zero-order chi connectivity index (χ0) is 19.9. The van der Waals surface area contributed by atoms with Crippen LogP contribution in [0, 0.1) is 4.77 Å². The molecule has 0 radical (unpaired) electrons. The highest BCUT2D eigenvalue weighted by Gasteiger charge is 2.04. The molecule has 0 fully saturated rings. The Morgan fingerprint density at radius 1 is 1.14 bits per heavy atom. The van der Waals surface area contributed by atoms with Gasteiger partial charge in [-0.15, -0.1) is 0 Å². The maximum atomic E-state index is 11.9. The monoisotopic (exact) mass is 414 g/mol. The number of ether oxygens (including phenoxy) is 1. The first-order valence-corrected chi connectivity index (χ1v) is 8.94. The number of hydrogen-bond donors (Lipinski definition) is 3. The first-order chi connectivity index (χ1) is 13.5. The molecular formula is C19H15ClN4O3S. The minimum atomic E-state index is -0.388. The highest BCUT2D eigenvalue weighted by Crippen LogP contribution is 2.23. The summed E-state index contributed by atoms with van der Waals surface area (Å²) in [7, 11) is 0. The van der Waals surface area contributed by atoms with Crippen LogP contribution in [-0.2, 0) is 11.2 Å². The van der Waals surface area contributed by atoms with Crippen molar-refractivity contribution < 1.29 is 9.53 Å². The first kappa shape index (κ1) is 19.5. The van der Waals surface area contributed by atoms with E-state index in [4.69, 9.17) is 28.6 Å². The predicted molar refractivity (Wildman–Crippen MR) is 110 cm³/mol. The molecule has 7 nitrogen and oxygen atoms in total. The highest BCUT2D eigenvalue weighted by atomic mass is 35.5. The van der Waals surface area contributed by atoms with E-state index in [0.29, 0.717) is 22.2 Å². The second kappa shape index (κ2) is 9.12. The van der Waals surface area contributed by atoms with E-state index in [0.717, 1.165) is 5.56 Å². The van der Waals surface area contributed by atoms with Gasteiger partial charge >= 0.3 is 0 Å². The quantitative estimate of drug-likeness (QED) is 0.326. The Bertz CT molecular complexity index is 1090. The van der Waals surface area contributed by atoms with Crippen LogP contribution in [0.1, 0.15) is 11.3 Å². The number of H-pyrrole nitrogens is 2. The second-order valence-corrected chi connectivity index (χ2v) is 6.56. The number of nitrogens with one attached hydrogen (secondary N) is 3. The van der Waals surface area contributed by atoms with Gasteiger partial charge in [0.2, 0.25) is 5.91 Å². The van der Waals surface area contributed by atoms with Gasteiger partial charge in [-0.25, -0.2) is 5.43 Å². The van der Waals surface area contributed by atoms with Crippen molar-refractivity contribution in [3.05, 3.63) is 86.0 Å². The zero-order valence-electron chi connectivity index (χ0n) is 14.4. The molecule has 0 spiro atoms.